The molecule has 0 aliphatic heterocycles. The number of carbonyl (C=O) groups is 2. The number of amides is 2. The molecule has 0 spiro atoms. The van der Waals surface area contributed by atoms with Gasteiger partial charge in [0.1, 0.15) is 6.04 Å². The van der Waals surface area contributed by atoms with Crippen molar-refractivity contribution in [2.24, 2.45) is 0 Å². The van der Waals surface area contributed by atoms with Crippen LogP contribution >= 0.6 is 23.4 Å². The lowest BCUT2D eigenvalue weighted by atomic mass is 10.0. The van der Waals surface area contributed by atoms with Crippen LogP contribution in [0.2, 0.25) is 5.02 Å². The Bertz CT molecular complexity index is 1070. The van der Waals surface area contributed by atoms with E-state index in [1.54, 1.807) is 16.7 Å². The maximum atomic E-state index is 13.6. The summed E-state index contributed by atoms with van der Waals surface area (Å²) < 4.78 is 0. The molecule has 0 radical (unpaired) electrons. The monoisotopic (exact) mass is 508 g/mol. The molecule has 3 rings (SSSR count). The Hall–Kier alpha value is -2.76. The van der Waals surface area contributed by atoms with Crippen LogP contribution in [0.1, 0.15) is 35.6 Å². The molecule has 3 aromatic carbocycles. The molecule has 184 valence electrons. The van der Waals surface area contributed by atoms with Crippen LogP contribution < -0.4 is 5.32 Å². The zero-order valence-electron chi connectivity index (χ0n) is 20.4. The summed E-state index contributed by atoms with van der Waals surface area (Å²) in [7, 11) is 0. The average Bonchev–Trinajstić information content (AvgIpc) is 2.87. The number of benzene rings is 3. The Kier molecular flexibility index (Phi) is 10.7. The second-order valence-electron chi connectivity index (χ2n) is 8.62. The van der Waals surface area contributed by atoms with E-state index in [9.17, 15) is 9.59 Å². The van der Waals surface area contributed by atoms with Crippen molar-refractivity contribution < 1.29 is 9.59 Å². The van der Waals surface area contributed by atoms with E-state index in [0.29, 0.717) is 36.0 Å². The largest absolute Gasteiger partial charge is 0.354 e. The molecule has 0 aliphatic rings. The molecule has 0 saturated carbocycles. The molecular formula is C29H33ClN2O2S. The van der Waals surface area contributed by atoms with Crippen LogP contribution in [0.15, 0.2) is 78.9 Å². The second-order valence-corrected chi connectivity index (χ2v) is 10.0. The van der Waals surface area contributed by atoms with Gasteiger partial charge in [0.25, 0.3) is 0 Å². The third-order valence-corrected chi connectivity index (χ3v) is 6.94. The molecular weight excluding hydrogens is 476 g/mol. The maximum Gasteiger partial charge on any atom is 0.243 e. The maximum absolute atomic E-state index is 13.6. The number of hydrogen-bond acceptors (Lipinski definition) is 3. The highest BCUT2D eigenvalue weighted by atomic mass is 35.5. The minimum atomic E-state index is -0.589. The number of thioether (sulfide) groups is 1. The molecule has 0 bridgehead atoms. The molecule has 2 amide bonds. The lowest BCUT2D eigenvalue weighted by Gasteiger charge is -2.31. The summed E-state index contributed by atoms with van der Waals surface area (Å²) in [5.41, 5.74) is 4.30. The van der Waals surface area contributed by atoms with Gasteiger partial charge in [0.2, 0.25) is 11.8 Å². The van der Waals surface area contributed by atoms with Crippen LogP contribution in [0, 0.1) is 6.92 Å². The van der Waals surface area contributed by atoms with Crippen molar-refractivity contribution in [2.75, 3.05) is 12.3 Å². The first kappa shape index (κ1) is 26.8. The minimum Gasteiger partial charge on any atom is -0.354 e. The van der Waals surface area contributed by atoms with Crippen LogP contribution in [-0.4, -0.2) is 35.1 Å². The number of rotatable bonds is 12. The van der Waals surface area contributed by atoms with Crippen molar-refractivity contribution in [1.29, 1.82) is 0 Å². The van der Waals surface area contributed by atoms with Gasteiger partial charge < -0.3 is 10.2 Å². The lowest BCUT2D eigenvalue weighted by Crippen LogP contribution is -2.51. The fourth-order valence-electron chi connectivity index (χ4n) is 3.73. The van der Waals surface area contributed by atoms with Crippen molar-refractivity contribution in [1.82, 2.24) is 10.2 Å². The molecule has 0 fully saturated rings. The summed E-state index contributed by atoms with van der Waals surface area (Å²) in [5.74, 6) is 0.837. The Labute approximate surface area is 218 Å². The smallest absolute Gasteiger partial charge is 0.243 e. The van der Waals surface area contributed by atoms with Crippen molar-refractivity contribution in [3.8, 4) is 0 Å². The highest BCUT2D eigenvalue weighted by Gasteiger charge is 2.30. The zero-order valence-corrected chi connectivity index (χ0v) is 21.9. The standard InChI is InChI=1S/C29H33ClN2O2S/c1-3-17-31-29(34)27(18-23-7-5-4-6-8-23)32(19-24-11-9-22(2)10-12-24)28(33)21-35-20-25-13-15-26(30)16-14-25/h4-16,27H,3,17-21H2,1-2H3,(H,31,34)/t27-/m1/s1. The second kappa shape index (κ2) is 14.0. The van der Waals surface area contributed by atoms with E-state index in [1.165, 1.54) is 0 Å². The molecule has 3 aromatic rings. The molecule has 0 unspecified atom stereocenters. The van der Waals surface area contributed by atoms with Crippen LogP contribution in [0.5, 0.6) is 0 Å². The first-order valence-electron chi connectivity index (χ1n) is 11.9. The highest BCUT2D eigenvalue weighted by molar-refractivity contribution is 7.99. The summed E-state index contributed by atoms with van der Waals surface area (Å²) in [5, 5.41) is 3.71. The molecule has 0 aliphatic carbocycles. The lowest BCUT2D eigenvalue weighted by molar-refractivity contribution is -0.139. The number of halogens is 1. The van der Waals surface area contributed by atoms with E-state index in [-0.39, 0.29) is 11.8 Å². The van der Waals surface area contributed by atoms with Gasteiger partial charge in [-0.2, -0.15) is 0 Å². The Morgan fingerprint density at radius 3 is 2.23 bits per heavy atom. The molecule has 0 heterocycles. The summed E-state index contributed by atoms with van der Waals surface area (Å²) in [6.07, 6.45) is 1.31. The summed E-state index contributed by atoms with van der Waals surface area (Å²) in [4.78, 5) is 28.6. The summed E-state index contributed by atoms with van der Waals surface area (Å²) in [6, 6.07) is 25.1. The summed E-state index contributed by atoms with van der Waals surface area (Å²) >= 11 is 7.54. The van der Waals surface area contributed by atoms with E-state index in [2.05, 4.69) is 5.32 Å². The van der Waals surface area contributed by atoms with Crippen molar-refractivity contribution in [3.05, 3.63) is 106 Å². The molecule has 35 heavy (non-hydrogen) atoms. The highest BCUT2D eigenvalue weighted by Crippen LogP contribution is 2.20. The Morgan fingerprint density at radius 2 is 1.57 bits per heavy atom. The normalized spacial score (nSPS) is 11.6. The minimum absolute atomic E-state index is 0.0443. The van der Waals surface area contributed by atoms with Crippen LogP contribution in [0.25, 0.3) is 0 Å². The predicted molar refractivity (Wildman–Crippen MR) is 147 cm³/mol. The summed E-state index contributed by atoms with van der Waals surface area (Å²) in [6.45, 7) is 5.03. The van der Waals surface area contributed by atoms with Crippen LogP contribution in [0.3, 0.4) is 0 Å². The topological polar surface area (TPSA) is 49.4 Å². The van der Waals surface area contributed by atoms with Crippen LogP contribution in [-0.2, 0) is 28.3 Å². The zero-order chi connectivity index (χ0) is 25.0. The van der Waals surface area contributed by atoms with Gasteiger partial charge in [0, 0.05) is 30.3 Å². The number of aryl methyl sites for hydroxylation is 1. The van der Waals surface area contributed by atoms with Gasteiger partial charge in [0.15, 0.2) is 0 Å². The number of hydrogen-bond donors (Lipinski definition) is 1. The Morgan fingerprint density at radius 1 is 0.914 bits per heavy atom. The van der Waals surface area contributed by atoms with Crippen LogP contribution in [0.4, 0.5) is 0 Å². The SMILES string of the molecule is CCCNC(=O)[C@@H](Cc1ccccc1)N(Cc1ccc(C)cc1)C(=O)CSCc1ccc(Cl)cc1. The quantitative estimate of drug-likeness (QED) is 0.324. The fraction of sp³-hybridized carbons (Fsp3) is 0.310. The van der Waals surface area contributed by atoms with E-state index < -0.39 is 6.04 Å². The molecule has 0 aromatic heterocycles. The van der Waals surface area contributed by atoms with Gasteiger partial charge in [-0.05, 0) is 42.2 Å². The third kappa shape index (κ3) is 8.75. The van der Waals surface area contributed by atoms with Gasteiger partial charge in [-0.25, -0.2) is 0 Å². The van der Waals surface area contributed by atoms with E-state index >= 15 is 0 Å². The predicted octanol–water partition coefficient (Wildman–Crippen LogP) is 6.05. The Balaban J connectivity index is 1.81. The molecule has 1 N–H and O–H groups in total. The number of nitrogens with zero attached hydrogens (tertiary/aromatic N) is 1. The van der Waals surface area contributed by atoms with Crippen molar-refractivity contribution >= 4 is 35.2 Å². The number of nitrogens with one attached hydrogen (secondary N) is 1. The van der Waals surface area contributed by atoms with Crippen molar-refractivity contribution in [3.63, 3.8) is 0 Å². The number of carbonyl (C=O) groups excluding carboxylic acids is 2. The van der Waals surface area contributed by atoms with Gasteiger partial charge in [0.05, 0.1) is 5.75 Å². The first-order valence-corrected chi connectivity index (χ1v) is 13.5. The third-order valence-electron chi connectivity index (χ3n) is 5.70. The van der Waals surface area contributed by atoms with Gasteiger partial charge in [-0.1, -0.05) is 90.8 Å². The van der Waals surface area contributed by atoms with E-state index in [1.807, 2.05) is 92.7 Å². The molecule has 0 saturated heterocycles. The molecule has 6 heteroatoms. The fourth-order valence-corrected chi connectivity index (χ4v) is 4.73. The van der Waals surface area contributed by atoms with Gasteiger partial charge in [-0.15, -0.1) is 11.8 Å². The average molecular weight is 509 g/mol. The molecule has 1 atom stereocenters. The first-order chi connectivity index (χ1) is 17.0. The molecule has 4 nitrogen and oxygen atoms in total. The van der Waals surface area contributed by atoms with Gasteiger partial charge in [-0.3, -0.25) is 9.59 Å². The van der Waals surface area contributed by atoms with E-state index in [0.717, 1.165) is 28.7 Å². The van der Waals surface area contributed by atoms with E-state index in [4.69, 9.17) is 11.6 Å². The van der Waals surface area contributed by atoms with Gasteiger partial charge >= 0.3 is 0 Å². The van der Waals surface area contributed by atoms with Crippen molar-refractivity contribution in [2.45, 2.75) is 45.0 Å².